The minimum absolute atomic E-state index is 0.0381. The number of thiazole rings is 1. The average Bonchev–Trinajstić information content (AvgIpc) is 2.75. The quantitative estimate of drug-likeness (QED) is 0.902. The molecule has 0 radical (unpaired) electrons. The number of rotatable bonds is 3. The third-order valence-corrected chi connectivity index (χ3v) is 5.82. The number of hydrogen-bond acceptors (Lipinski definition) is 3. The fourth-order valence-electron chi connectivity index (χ4n) is 3.34. The molecule has 2 nitrogen and oxygen atoms in total. The molecule has 0 saturated heterocycles. The maximum absolute atomic E-state index is 6.50. The van der Waals surface area contributed by atoms with Crippen molar-refractivity contribution >= 4 is 22.9 Å². The van der Waals surface area contributed by atoms with Gasteiger partial charge in [0.15, 0.2) is 4.47 Å². The van der Waals surface area contributed by atoms with Gasteiger partial charge in [-0.2, -0.15) is 0 Å². The van der Waals surface area contributed by atoms with Gasteiger partial charge in [-0.3, -0.25) is 0 Å². The number of nitrogens with two attached hydrogens (primary N) is 1. The van der Waals surface area contributed by atoms with Gasteiger partial charge in [0.05, 0.1) is 11.7 Å². The first-order valence-corrected chi connectivity index (χ1v) is 7.53. The molecule has 0 spiro atoms. The topological polar surface area (TPSA) is 38.9 Å². The zero-order chi connectivity index (χ0) is 12.8. The van der Waals surface area contributed by atoms with Crippen molar-refractivity contribution in [2.75, 3.05) is 0 Å². The van der Waals surface area contributed by atoms with E-state index < -0.39 is 0 Å². The van der Waals surface area contributed by atoms with Gasteiger partial charge < -0.3 is 5.73 Å². The van der Waals surface area contributed by atoms with Gasteiger partial charge in [0.1, 0.15) is 0 Å². The predicted molar refractivity (Wildman–Crippen MR) is 74.5 cm³/mol. The second-order valence-corrected chi connectivity index (χ2v) is 7.17. The van der Waals surface area contributed by atoms with Gasteiger partial charge in [-0.15, -0.1) is 11.3 Å². The van der Waals surface area contributed by atoms with Crippen LogP contribution in [0.1, 0.15) is 50.7 Å². The van der Waals surface area contributed by atoms with E-state index in [0.29, 0.717) is 16.3 Å². The molecular weight excluding hydrogens is 252 g/mol. The molecule has 1 aromatic rings. The lowest BCUT2D eigenvalue weighted by Gasteiger charge is -2.42. The Hall–Kier alpha value is -0.120. The summed E-state index contributed by atoms with van der Waals surface area (Å²) in [5.41, 5.74) is 7.71. The van der Waals surface area contributed by atoms with Crippen LogP contribution < -0.4 is 5.73 Å². The summed E-state index contributed by atoms with van der Waals surface area (Å²) in [5.74, 6) is 1.17. The van der Waals surface area contributed by atoms with E-state index in [2.05, 4.69) is 32.7 Å². The van der Waals surface area contributed by atoms with Crippen molar-refractivity contribution in [3.8, 4) is 0 Å². The summed E-state index contributed by atoms with van der Waals surface area (Å²) < 4.78 is 0.631. The summed E-state index contributed by atoms with van der Waals surface area (Å²) in [7, 11) is 0. The van der Waals surface area contributed by atoms with Crippen molar-refractivity contribution in [3.63, 3.8) is 0 Å². The summed E-state index contributed by atoms with van der Waals surface area (Å²) in [4.78, 5) is 5.73. The van der Waals surface area contributed by atoms with E-state index in [-0.39, 0.29) is 11.5 Å². The summed E-state index contributed by atoms with van der Waals surface area (Å²) in [5, 5.41) is 0. The van der Waals surface area contributed by atoms with Crippen molar-refractivity contribution < 1.29 is 0 Å². The molecule has 0 aromatic carbocycles. The number of hydrogen-bond donors (Lipinski definition) is 1. The molecule has 0 amide bonds. The molecule has 0 aliphatic heterocycles. The van der Waals surface area contributed by atoms with Gasteiger partial charge in [-0.1, -0.05) is 45.7 Å². The van der Waals surface area contributed by atoms with E-state index in [1.54, 1.807) is 11.3 Å². The molecule has 96 valence electrons. The van der Waals surface area contributed by atoms with E-state index >= 15 is 0 Å². The van der Waals surface area contributed by atoms with Crippen molar-refractivity contribution in [3.05, 3.63) is 15.0 Å². The summed E-state index contributed by atoms with van der Waals surface area (Å²) in [6, 6.07) is 0.0381. The molecule has 1 heterocycles. The molecule has 2 N–H and O–H groups in total. The second kappa shape index (κ2) is 4.52. The molecule has 4 heteroatoms. The molecule has 2 unspecified atom stereocenters. The zero-order valence-corrected chi connectivity index (χ0v) is 12.5. The van der Waals surface area contributed by atoms with E-state index in [9.17, 15) is 0 Å². The Morgan fingerprint density at radius 1 is 1.53 bits per heavy atom. The SMILES string of the molecule is CCC(C)C1(C(C)C)Cc2sc(Cl)nc2[C@H]1N. The van der Waals surface area contributed by atoms with Crippen molar-refractivity contribution in [1.29, 1.82) is 0 Å². The smallest absolute Gasteiger partial charge is 0.184 e. The number of halogens is 1. The van der Waals surface area contributed by atoms with Crippen LogP contribution in [0, 0.1) is 17.3 Å². The molecule has 2 rings (SSSR count). The van der Waals surface area contributed by atoms with Gasteiger partial charge in [-0.25, -0.2) is 4.98 Å². The lowest BCUT2D eigenvalue weighted by Crippen LogP contribution is -2.42. The average molecular weight is 273 g/mol. The van der Waals surface area contributed by atoms with Crippen LogP contribution in [0.2, 0.25) is 4.47 Å². The second-order valence-electron chi connectivity index (χ2n) is 5.51. The first kappa shape index (κ1) is 13.3. The highest BCUT2D eigenvalue weighted by Crippen LogP contribution is 2.55. The zero-order valence-electron chi connectivity index (χ0n) is 11.0. The Labute approximate surface area is 113 Å². The van der Waals surface area contributed by atoms with Crippen LogP contribution >= 0.6 is 22.9 Å². The Balaban J connectivity index is 2.43. The Morgan fingerprint density at radius 2 is 2.18 bits per heavy atom. The van der Waals surface area contributed by atoms with E-state index in [4.69, 9.17) is 17.3 Å². The molecule has 17 heavy (non-hydrogen) atoms. The van der Waals surface area contributed by atoms with Gasteiger partial charge in [0.25, 0.3) is 0 Å². The molecule has 3 atom stereocenters. The van der Waals surface area contributed by atoms with E-state index in [1.807, 2.05) is 0 Å². The lowest BCUT2D eigenvalue weighted by molar-refractivity contribution is 0.0753. The molecule has 0 fully saturated rings. The largest absolute Gasteiger partial charge is 0.322 e. The van der Waals surface area contributed by atoms with Crippen LogP contribution in [0.15, 0.2) is 0 Å². The van der Waals surface area contributed by atoms with Crippen molar-refractivity contribution in [1.82, 2.24) is 4.98 Å². The number of nitrogens with zero attached hydrogens (tertiary/aromatic N) is 1. The van der Waals surface area contributed by atoms with Crippen LogP contribution in [-0.2, 0) is 6.42 Å². The van der Waals surface area contributed by atoms with Gasteiger partial charge >= 0.3 is 0 Å². The first-order valence-electron chi connectivity index (χ1n) is 6.34. The molecule has 0 bridgehead atoms. The van der Waals surface area contributed by atoms with E-state index in [0.717, 1.165) is 18.5 Å². The van der Waals surface area contributed by atoms with Crippen LogP contribution in [0.4, 0.5) is 0 Å². The van der Waals surface area contributed by atoms with Gasteiger partial charge in [0.2, 0.25) is 0 Å². The van der Waals surface area contributed by atoms with Crippen LogP contribution in [0.3, 0.4) is 0 Å². The third-order valence-electron chi connectivity index (χ3n) is 4.65. The monoisotopic (exact) mass is 272 g/mol. The maximum atomic E-state index is 6.50. The lowest BCUT2D eigenvalue weighted by atomic mass is 9.63. The minimum atomic E-state index is 0.0381. The van der Waals surface area contributed by atoms with Crippen LogP contribution in [0.5, 0.6) is 0 Å². The normalized spacial score (nSPS) is 29.7. The molecular formula is C13H21ClN2S. The first-order chi connectivity index (χ1) is 7.93. The van der Waals surface area contributed by atoms with Crippen molar-refractivity contribution in [2.24, 2.45) is 23.0 Å². The minimum Gasteiger partial charge on any atom is -0.322 e. The third kappa shape index (κ3) is 1.83. The standard InChI is InChI=1S/C13H21ClN2S/c1-5-8(4)13(7(2)3)6-9-10(11(13)15)16-12(14)17-9/h7-8,11H,5-6,15H2,1-4H3/t8?,11-,13?/m1/s1. The predicted octanol–water partition coefficient (Wildman–Crippen LogP) is 4.04. The molecule has 1 aliphatic carbocycles. The highest BCUT2D eigenvalue weighted by molar-refractivity contribution is 7.15. The molecule has 1 aliphatic rings. The number of aromatic nitrogens is 1. The Morgan fingerprint density at radius 3 is 2.65 bits per heavy atom. The summed E-state index contributed by atoms with van der Waals surface area (Å²) in [6.45, 7) is 9.13. The van der Waals surface area contributed by atoms with Crippen LogP contribution in [-0.4, -0.2) is 4.98 Å². The fraction of sp³-hybridized carbons (Fsp3) is 0.769. The van der Waals surface area contributed by atoms with Gasteiger partial charge in [0, 0.05) is 10.3 Å². The highest BCUT2D eigenvalue weighted by Gasteiger charge is 2.51. The molecule has 0 saturated carbocycles. The fourth-order valence-corrected chi connectivity index (χ4v) is 4.66. The highest BCUT2D eigenvalue weighted by atomic mass is 35.5. The summed E-state index contributed by atoms with van der Waals surface area (Å²) >= 11 is 7.58. The Bertz CT molecular complexity index is 416. The van der Waals surface area contributed by atoms with Crippen molar-refractivity contribution in [2.45, 2.75) is 46.6 Å². The summed E-state index contributed by atoms with van der Waals surface area (Å²) in [6.07, 6.45) is 2.20. The Kier molecular flexibility index (Phi) is 3.54. The molecule has 1 aromatic heterocycles. The van der Waals surface area contributed by atoms with Gasteiger partial charge in [-0.05, 0) is 18.3 Å². The van der Waals surface area contributed by atoms with E-state index in [1.165, 1.54) is 4.88 Å². The maximum Gasteiger partial charge on any atom is 0.184 e. The number of fused-ring (bicyclic) bond motifs is 1. The van der Waals surface area contributed by atoms with Crippen LogP contribution in [0.25, 0.3) is 0 Å².